The van der Waals surface area contributed by atoms with E-state index in [9.17, 15) is 9.59 Å². The Morgan fingerprint density at radius 2 is 2.00 bits per heavy atom. The van der Waals surface area contributed by atoms with Crippen molar-refractivity contribution in [2.24, 2.45) is 5.92 Å². The molecule has 1 N–H and O–H groups in total. The van der Waals surface area contributed by atoms with Gasteiger partial charge < -0.3 is 14.7 Å². The van der Waals surface area contributed by atoms with Crippen molar-refractivity contribution < 1.29 is 19.4 Å². The zero-order chi connectivity index (χ0) is 12.4. The maximum absolute atomic E-state index is 12.1. The summed E-state index contributed by atoms with van der Waals surface area (Å²) in [6, 6.07) is 0. The van der Waals surface area contributed by atoms with Crippen molar-refractivity contribution in [3.05, 3.63) is 0 Å². The minimum atomic E-state index is -0.965. The highest BCUT2D eigenvalue weighted by Gasteiger charge is 2.38. The molecule has 2 aliphatic rings. The number of hydrogen-bond acceptors (Lipinski definition) is 3. The van der Waals surface area contributed by atoms with Gasteiger partial charge in [0.1, 0.15) is 6.10 Å². The summed E-state index contributed by atoms with van der Waals surface area (Å²) in [5.41, 5.74) is 0. The van der Waals surface area contributed by atoms with Crippen molar-refractivity contribution in [1.29, 1.82) is 0 Å². The van der Waals surface area contributed by atoms with Crippen LogP contribution in [-0.2, 0) is 14.3 Å². The van der Waals surface area contributed by atoms with Crippen LogP contribution in [0.15, 0.2) is 0 Å². The monoisotopic (exact) mass is 241 g/mol. The SMILES string of the molecule is CCC1CCN(C(=O)[C@@H]2CC[C@H](C(=O)O)O2)C1. The molecule has 1 unspecified atom stereocenters. The fourth-order valence-electron chi connectivity index (χ4n) is 2.57. The van der Waals surface area contributed by atoms with E-state index in [0.29, 0.717) is 18.8 Å². The summed E-state index contributed by atoms with van der Waals surface area (Å²) >= 11 is 0. The standard InChI is InChI=1S/C12H19NO4/c1-2-8-5-6-13(7-8)11(14)9-3-4-10(17-9)12(15)16/h8-10H,2-7H2,1H3,(H,15,16)/t8?,9-,10+/m0/s1. The summed E-state index contributed by atoms with van der Waals surface area (Å²) in [7, 11) is 0. The summed E-state index contributed by atoms with van der Waals surface area (Å²) in [6.45, 7) is 3.72. The third kappa shape index (κ3) is 2.60. The van der Waals surface area contributed by atoms with Gasteiger partial charge in [-0.05, 0) is 25.2 Å². The number of carboxylic acids is 1. The molecule has 17 heavy (non-hydrogen) atoms. The molecule has 0 bridgehead atoms. The second-order valence-corrected chi connectivity index (χ2v) is 4.88. The van der Waals surface area contributed by atoms with Crippen LogP contribution in [-0.4, -0.2) is 47.2 Å². The summed E-state index contributed by atoms with van der Waals surface area (Å²) in [5, 5.41) is 8.81. The van der Waals surface area contributed by atoms with Crippen LogP contribution in [0.5, 0.6) is 0 Å². The molecule has 0 saturated carbocycles. The van der Waals surface area contributed by atoms with Gasteiger partial charge >= 0.3 is 5.97 Å². The van der Waals surface area contributed by atoms with E-state index in [4.69, 9.17) is 9.84 Å². The highest BCUT2D eigenvalue weighted by atomic mass is 16.5. The molecule has 2 aliphatic heterocycles. The Hall–Kier alpha value is -1.10. The van der Waals surface area contributed by atoms with Crippen molar-refractivity contribution in [3.63, 3.8) is 0 Å². The number of rotatable bonds is 3. The van der Waals surface area contributed by atoms with E-state index in [1.165, 1.54) is 0 Å². The number of carbonyl (C=O) groups is 2. The Morgan fingerprint density at radius 1 is 1.29 bits per heavy atom. The first-order valence-electron chi connectivity index (χ1n) is 6.29. The van der Waals surface area contributed by atoms with Crippen molar-refractivity contribution in [1.82, 2.24) is 4.90 Å². The number of aliphatic carboxylic acids is 1. The first-order valence-corrected chi connectivity index (χ1v) is 6.29. The maximum atomic E-state index is 12.1. The van der Waals surface area contributed by atoms with E-state index < -0.39 is 18.2 Å². The first kappa shape index (κ1) is 12.4. The summed E-state index contributed by atoms with van der Waals surface area (Å²) in [4.78, 5) is 24.6. The van der Waals surface area contributed by atoms with E-state index in [2.05, 4.69) is 6.92 Å². The van der Waals surface area contributed by atoms with Gasteiger partial charge in [0, 0.05) is 13.1 Å². The summed E-state index contributed by atoms with van der Waals surface area (Å²) in [6.07, 6.45) is 1.78. The Bertz CT molecular complexity index is 318. The lowest BCUT2D eigenvalue weighted by Gasteiger charge is -2.20. The molecule has 0 spiro atoms. The Morgan fingerprint density at radius 3 is 2.53 bits per heavy atom. The molecule has 0 aromatic heterocycles. The van der Waals surface area contributed by atoms with E-state index in [1.807, 2.05) is 4.90 Å². The van der Waals surface area contributed by atoms with Crippen LogP contribution in [0.25, 0.3) is 0 Å². The second kappa shape index (κ2) is 5.04. The fraction of sp³-hybridized carbons (Fsp3) is 0.833. The molecule has 0 aromatic carbocycles. The van der Waals surface area contributed by atoms with Gasteiger partial charge in [0.15, 0.2) is 6.10 Å². The number of ether oxygens (including phenoxy) is 1. The molecular formula is C12H19NO4. The minimum Gasteiger partial charge on any atom is -0.479 e. The number of amides is 1. The largest absolute Gasteiger partial charge is 0.479 e. The summed E-state index contributed by atoms with van der Waals surface area (Å²) in [5.74, 6) is -0.395. The lowest BCUT2D eigenvalue weighted by Crippen LogP contribution is -2.38. The van der Waals surface area contributed by atoms with Gasteiger partial charge in [-0.1, -0.05) is 13.3 Å². The molecule has 0 aliphatic carbocycles. The third-order valence-electron chi connectivity index (χ3n) is 3.75. The topological polar surface area (TPSA) is 66.8 Å². The van der Waals surface area contributed by atoms with Gasteiger partial charge in [0.25, 0.3) is 5.91 Å². The maximum Gasteiger partial charge on any atom is 0.332 e. The van der Waals surface area contributed by atoms with Crippen LogP contribution in [0.2, 0.25) is 0 Å². The van der Waals surface area contributed by atoms with E-state index >= 15 is 0 Å². The molecule has 2 saturated heterocycles. The average Bonchev–Trinajstić information content (AvgIpc) is 2.97. The minimum absolute atomic E-state index is 0.0234. The van der Waals surface area contributed by atoms with Crippen LogP contribution in [0.4, 0.5) is 0 Å². The molecule has 5 nitrogen and oxygen atoms in total. The van der Waals surface area contributed by atoms with Crippen LogP contribution < -0.4 is 0 Å². The van der Waals surface area contributed by atoms with Crippen LogP contribution >= 0.6 is 0 Å². The molecule has 2 rings (SSSR count). The number of carbonyl (C=O) groups excluding carboxylic acids is 1. The molecule has 1 amide bonds. The van der Waals surface area contributed by atoms with Crippen molar-refractivity contribution in [2.45, 2.75) is 44.8 Å². The third-order valence-corrected chi connectivity index (χ3v) is 3.75. The van der Waals surface area contributed by atoms with Gasteiger partial charge in [-0.2, -0.15) is 0 Å². The normalized spacial score (nSPS) is 33.0. The molecule has 0 radical (unpaired) electrons. The van der Waals surface area contributed by atoms with Gasteiger partial charge in [0.05, 0.1) is 0 Å². The second-order valence-electron chi connectivity index (χ2n) is 4.88. The van der Waals surface area contributed by atoms with Crippen molar-refractivity contribution in [2.75, 3.05) is 13.1 Å². The molecule has 5 heteroatoms. The predicted octanol–water partition coefficient (Wildman–Crippen LogP) is 0.877. The first-order chi connectivity index (χ1) is 8.11. The summed E-state index contributed by atoms with van der Waals surface area (Å²) < 4.78 is 5.28. The molecular weight excluding hydrogens is 222 g/mol. The number of likely N-dealkylation sites (tertiary alicyclic amines) is 1. The number of nitrogens with zero attached hydrogens (tertiary/aromatic N) is 1. The molecule has 2 heterocycles. The number of hydrogen-bond donors (Lipinski definition) is 1. The lowest BCUT2D eigenvalue weighted by atomic mass is 10.1. The van der Waals surface area contributed by atoms with Crippen LogP contribution in [0.1, 0.15) is 32.6 Å². The van der Waals surface area contributed by atoms with Gasteiger partial charge in [-0.15, -0.1) is 0 Å². The van der Waals surface area contributed by atoms with E-state index in [1.54, 1.807) is 0 Å². The molecule has 3 atom stereocenters. The molecule has 0 aromatic rings. The molecule has 96 valence electrons. The van der Waals surface area contributed by atoms with Gasteiger partial charge in [-0.3, -0.25) is 4.79 Å². The van der Waals surface area contributed by atoms with Crippen LogP contribution in [0, 0.1) is 5.92 Å². The Kier molecular flexibility index (Phi) is 3.66. The fourth-order valence-corrected chi connectivity index (χ4v) is 2.57. The number of carboxylic acid groups (broad SMARTS) is 1. The van der Waals surface area contributed by atoms with Crippen molar-refractivity contribution in [3.8, 4) is 0 Å². The predicted molar refractivity (Wildman–Crippen MR) is 60.5 cm³/mol. The quantitative estimate of drug-likeness (QED) is 0.796. The lowest BCUT2D eigenvalue weighted by molar-refractivity contribution is -0.154. The zero-order valence-electron chi connectivity index (χ0n) is 10.1. The smallest absolute Gasteiger partial charge is 0.332 e. The average molecular weight is 241 g/mol. The van der Waals surface area contributed by atoms with Gasteiger partial charge in [-0.25, -0.2) is 4.79 Å². The highest BCUT2D eigenvalue weighted by molar-refractivity contribution is 5.83. The zero-order valence-corrected chi connectivity index (χ0v) is 10.1. The van der Waals surface area contributed by atoms with E-state index in [0.717, 1.165) is 25.9 Å². The Labute approximate surface area is 101 Å². The van der Waals surface area contributed by atoms with Gasteiger partial charge in [0.2, 0.25) is 0 Å². The Balaban J connectivity index is 1.87. The molecule has 2 fully saturated rings. The van der Waals surface area contributed by atoms with Crippen LogP contribution in [0.3, 0.4) is 0 Å². The van der Waals surface area contributed by atoms with E-state index in [-0.39, 0.29) is 5.91 Å². The van der Waals surface area contributed by atoms with Crippen molar-refractivity contribution >= 4 is 11.9 Å². The highest BCUT2D eigenvalue weighted by Crippen LogP contribution is 2.25.